The maximum absolute atomic E-state index is 12.4. The number of carbonyl (C=O) groups excluding carboxylic acids is 1. The summed E-state index contributed by atoms with van der Waals surface area (Å²) in [5.74, 6) is -0.0799. The third-order valence-corrected chi connectivity index (χ3v) is 5.69. The predicted molar refractivity (Wildman–Crippen MR) is 108 cm³/mol. The van der Waals surface area contributed by atoms with Crippen LogP contribution in [0.1, 0.15) is 50.5 Å². The Kier molecular flexibility index (Phi) is 7.65. The molecule has 0 heterocycles. The van der Waals surface area contributed by atoms with Crippen molar-refractivity contribution in [2.75, 3.05) is 24.2 Å². The second-order valence-corrected chi connectivity index (χ2v) is 8.83. The van der Waals surface area contributed by atoms with Gasteiger partial charge in [0.25, 0.3) is 5.91 Å². The molecule has 0 bridgehead atoms. The highest BCUT2D eigenvalue weighted by atomic mass is 32.2. The largest absolute Gasteiger partial charge is 0.495 e. The Morgan fingerprint density at radius 1 is 1.19 bits per heavy atom. The van der Waals surface area contributed by atoms with E-state index >= 15 is 0 Å². The van der Waals surface area contributed by atoms with Crippen molar-refractivity contribution in [3.63, 3.8) is 0 Å². The van der Waals surface area contributed by atoms with E-state index < -0.39 is 15.9 Å². The first-order valence-corrected chi connectivity index (χ1v) is 11.1. The van der Waals surface area contributed by atoms with E-state index in [1.807, 2.05) is 13.0 Å². The summed E-state index contributed by atoms with van der Waals surface area (Å²) in [5.41, 5.74) is 4.71. The first-order chi connectivity index (χ1) is 12.8. The summed E-state index contributed by atoms with van der Waals surface area (Å²) in [4.78, 5) is 12.4. The number of benzene rings is 1. The molecule has 27 heavy (non-hydrogen) atoms. The molecular formula is C19H29N3O4S. The number of hydrogen-bond acceptors (Lipinski definition) is 5. The highest BCUT2D eigenvalue weighted by molar-refractivity contribution is 7.92. The Bertz CT molecular complexity index is 780. The Morgan fingerprint density at radius 3 is 2.41 bits per heavy atom. The number of amides is 1. The van der Waals surface area contributed by atoms with E-state index in [4.69, 9.17) is 4.74 Å². The van der Waals surface area contributed by atoms with Gasteiger partial charge >= 0.3 is 0 Å². The Labute approximate surface area is 161 Å². The van der Waals surface area contributed by atoms with Crippen molar-refractivity contribution in [2.45, 2.75) is 51.9 Å². The van der Waals surface area contributed by atoms with E-state index in [-0.39, 0.29) is 6.54 Å². The van der Waals surface area contributed by atoms with Gasteiger partial charge in [0.2, 0.25) is 10.0 Å². The standard InChI is InChI=1S/C19H29N3O4S/c1-15-11-12-18(26-2)17(13-15)22(27(3,24)25)14-19(23)21-20-16-9-7-5-4-6-8-10-16/h11-13H,4-10,14H2,1-3H3,(H,21,23). The number of anilines is 1. The summed E-state index contributed by atoms with van der Waals surface area (Å²) in [7, 11) is -2.20. The molecule has 0 radical (unpaired) electrons. The fourth-order valence-electron chi connectivity index (χ4n) is 3.11. The summed E-state index contributed by atoms with van der Waals surface area (Å²) in [5, 5.41) is 4.24. The number of aryl methyl sites for hydroxylation is 1. The van der Waals surface area contributed by atoms with Gasteiger partial charge in [-0.15, -0.1) is 0 Å². The summed E-state index contributed by atoms with van der Waals surface area (Å²) in [6.45, 7) is 1.50. The number of carbonyl (C=O) groups is 1. The van der Waals surface area contributed by atoms with Crippen LogP contribution in [-0.4, -0.2) is 39.9 Å². The van der Waals surface area contributed by atoms with Crippen molar-refractivity contribution in [2.24, 2.45) is 5.10 Å². The number of nitrogens with zero attached hydrogens (tertiary/aromatic N) is 2. The van der Waals surface area contributed by atoms with E-state index in [0.29, 0.717) is 11.4 Å². The quantitative estimate of drug-likeness (QED) is 0.750. The molecule has 0 unspecified atom stereocenters. The van der Waals surface area contributed by atoms with Gasteiger partial charge in [-0.2, -0.15) is 5.10 Å². The minimum absolute atomic E-state index is 0.341. The second-order valence-electron chi connectivity index (χ2n) is 6.93. The van der Waals surface area contributed by atoms with Gasteiger partial charge in [-0.05, 0) is 50.3 Å². The summed E-state index contributed by atoms with van der Waals surface area (Å²) in [6, 6.07) is 5.20. The van der Waals surface area contributed by atoms with Gasteiger partial charge in [0.15, 0.2) is 0 Å². The molecule has 1 N–H and O–H groups in total. The normalized spacial score (nSPS) is 15.4. The number of sulfonamides is 1. The minimum Gasteiger partial charge on any atom is -0.495 e. The van der Waals surface area contributed by atoms with Gasteiger partial charge in [-0.1, -0.05) is 25.3 Å². The van der Waals surface area contributed by atoms with Gasteiger partial charge in [-0.3, -0.25) is 9.10 Å². The fourth-order valence-corrected chi connectivity index (χ4v) is 3.96. The Morgan fingerprint density at radius 2 is 1.81 bits per heavy atom. The van der Waals surface area contributed by atoms with Crippen LogP contribution in [0.5, 0.6) is 5.75 Å². The van der Waals surface area contributed by atoms with Crippen LogP contribution in [0.2, 0.25) is 0 Å². The van der Waals surface area contributed by atoms with Crippen molar-refractivity contribution in [1.29, 1.82) is 0 Å². The molecule has 0 saturated heterocycles. The maximum Gasteiger partial charge on any atom is 0.260 e. The van der Waals surface area contributed by atoms with Gasteiger partial charge < -0.3 is 4.74 Å². The van der Waals surface area contributed by atoms with E-state index in [0.717, 1.165) is 47.5 Å². The van der Waals surface area contributed by atoms with Crippen LogP contribution in [-0.2, 0) is 14.8 Å². The Hall–Kier alpha value is -2.09. The fraction of sp³-hybridized carbons (Fsp3) is 0.579. The highest BCUT2D eigenvalue weighted by Crippen LogP contribution is 2.30. The zero-order chi connectivity index (χ0) is 19.9. The van der Waals surface area contributed by atoms with Crippen molar-refractivity contribution < 1.29 is 17.9 Å². The molecule has 1 aliphatic carbocycles. The molecular weight excluding hydrogens is 366 g/mol. The number of nitrogens with one attached hydrogen (secondary N) is 1. The number of hydrazone groups is 1. The zero-order valence-corrected chi connectivity index (χ0v) is 17.1. The smallest absolute Gasteiger partial charge is 0.260 e. The van der Waals surface area contributed by atoms with Crippen molar-refractivity contribution in [3.8, 4) is 5.75 Å². The third kappa shape index (κ3) is 6.53. The zero-order valence-electron chi connectivity index (χ0n) is 16.3. The molecule has 1 fully saturated rings. The summed E-state index contributed by atoms with van der Waals surface area (Å²) in [6.07, 6.45) is 8.59. The van der Waals surface area contributed by atoms with Crippen molar-refractivity contribution in [3.05, 3.63) is 23.8 Å². The van der Waals surface area contributed by atoms with E-state index in [2.05, 4.69) is 10.5 Å². The lowest BCUT2D eigenvalue weighted by Gasteiger charge is -2.23. The van der Waals surface area contributed by atoms with Gasteiger partial charge in [-0.25, -0.2) is 13.8 Å². The summed E-state index contributed by atoms with van der Waals surface area (Å²) < 4.78 is 30.9. The van der Waals surface area contributed by atoms with Crippen molar-refractivity contribution >= 4 is 27.3 Å². The average Bonchev–Trinajstić information content (AvgIpc) is 2.57. The van der Waals surface area contributed by atoms with Crippen LogP contribution in [0, 0.1) is 6.92 Å². The average molecular weight is 396 g/mol. The lowest BCUT2D eigenvalue weighted by molar-refractivity contribution is -0.119. The van der Waals surface area contributed by atoms with Gasteiger partial charge in [0.05, 0.1) is 19.1 Å². The van der Waals surface area contributed by atoms with Crippen molar-refractivity contribution in [1.82, 2.24) is 5.43 Å². The van der Waals surface area contributed by atoms with Crippen LogP contribution in [0.3, 0.4) is 0 Å². The molecule has 0 aliphatic heterocycles. The van der Waals surface area contributed by atoms with Crippen LogP contribution < -0.4 is 14.5 Å². The maximum atomic E-state index is 12.4. The predicted octanol–water partition coefficient (Wildman–Crippen LogP) is 2.99. The molecule has 1 aliphatic rings. The Balaban J connectivity index is 2.15. The molecule has 1 amide bonds. The number of ether oxygens (including phenoxy) is 1. The molecule has 0 aromatic heterocycles. The second kappa shape index (κ2) is 9.73. The summed E-state index contributed by atoms with van der Waals surface area (Å²) >= 11 is 0. The topological polar surface area (TPSA) is 88.1 Å². The SMILES string of the molecule is COc1ccc(C)cc1N(CC(=O)NN=C1CCCCCCC1)S(C)(=O)=O. The van der Waals surface area contributed by atoms with Crippen LogP contribution in [0.25, 0.3) is 0 Å². The molecule has 7 nitrogen and oxygen atoms in total. The number of rotatable bonds is 6. The highest BCUT2D eigenvalue weighted by Gasteiger charge is 2.24. The first kappa shape index (κ1) is 21.2. The monoisotopic (exact) mass is 395 g/mol. The van der Waals surface area contributed by atoms with Crippen LogP contribution >= 0.6 is 0 Å². The molecule has 0 spiro atoms. The lowest BCUT2D eigenvalue weighted by atomic mass is 9.99. The third-order valence-electron chi connectivity index (χ3n) is 4.56. The first-order valence-electron chi connectivity index (χ1n) is 9.28. The number of methoxy groups -OCH3 is 1. The molecule has 1 aromatic carbocycles. The van der Waals surface area contributed by atoms with Crippen LogP contribution in [0.15, 0.2) is 23.3 Å². The van der Waals surface area contributed by atoms with Gasteiger partial charge in [0.1, 0.15) is 12.3 Å². The number of hydrogen-bond donors (Lipinski definition) is 1. The molecule has 1 saturated carbocycles. The lowest BCUT2D eigenvalue weighted by Crippen LogP contribution is -2.39. The molecule has 2 rings (SSSR count). The van der Waals surface area contributed by atoms with E-state index in [1.165, 1.54) is 26.4 Å². The van der Waals surface area contributed by atoms with Crippen LogP contribution in [0.4, 0.5) is 5.69 Å². The minimum atomic E-state index is -3.67. The van der Waals surface area contributed by atoms with E-state index in [9.17, 15) is 13.2 Å². The van der Waals surface area contributed by atoms with Gasteiger partial charge in [0, 0.05) is 5.71 Å². The molecule has 8 heteroatoms. The molecule has 1 aromatic rings. The van der Waals surface area contributed by atoms with E-state index in [1.54, 1.807) is 12.1 Å². The molecule has 0 atom stereocenters. The molecule has 150 valence electrons.